The number of hydrogen-bond donors (Lipinski definition) is 1. The summed E-state index contributed by atoms with van der Waals surface area (Å²) in [5.74, 6) is 0.434. The van der Waals surface area contributed by atoms with Crippen molar-refractivity contribution in [2.24, 2.45) is 0 Å². The quantitative estimate of drug-likeness (QED) is 0.684. The molecule has 1 aromatic carbocycles. The van der Waals surface area contributed by atoms with Crippen LogP contribution in [0.4, 0.5) is 11.7 Å². The Bertz CT molecular complexity index is 617. The molecule has 0 unspecified atom stereocenters. The van der Waals surface area contributed by atoms with E-state index in [0.717, 1.165) is 12.8 Å². The molecule has 0 spiro atoms. The van der Waals surface area contributed by atoms with Gasteiger partial charge in [0.05, 0.1) is 4.92 Å². The Morgan fingerprint density at radius 2 is 1.90 bits per heavy atom. The maximum atomic E-state index is 10.6. The largest absolute Gasteiger partial charge is 0.335 e. The topological polar surface area (TPSA) is 94.1 Å². The van der Waals surface area contributed by atoms with Gasteiger partial charge in [0.2, 0.25) is 5.82 Å². The van der Waals surface area contributed by atoms with Gasteiger partial charge < -0.3 is 9.84 Å². The number of nitrogens with zero attached hydrogens (tertiary/aromatic N) is 3. The van der Waals surface area contributed by atoms with Crippen molar-refractivity contribution in [1.29, 1.82) is 0 Å². The third kappa shape index (κ3) is 3.18. The second-order valence-electron chi connectivity index (χ2n) is 5.21. The molecule has 0 saturated heterocycles. The van der Waals surface area contributed by atoms with Crippen molar-refractivity contribution in [2.75, 3.05) is 5.32 Å². The van der Waals surface area contributed by atoms with E-state index in [1.54, 1.807) is 12.1 Å². The Hall–Kier alpha value is -2.44. The first-order chi connectivity index (χ1) is 10.2. The number of nitrogens with one attached hydrogen (secondary N) is 1. The van der Waals surface area contributed by atoms with Crippen LogP contribution >= 0.6 is 0 Å². The van der Waals surface area contributed by atoms with E-state index in [0.29, 0.717) is 23.4 Å². The predicted octanol–water partition coefficient (Wildman–Crippen LogP) is 3.39. The lowest BCUT2D eigenvalue weighted by Crippen LogP contribution is -2.22. The Morgan fingerprint density at radius 1 is 1.19 bits per heavy atom. The lowest BCUT2D eigenvalue weighted by molar-refractivity contribution is -0.384. The smallest absolute Gasteiger partial charge is 0.322 e. The van der Waals surface area contributed by atoms with Gasteiger partial charge in [-0.15, -0.1) is 0 Å². The molecule has 1 heterocycles. The number of hydrogen-bond acceptors (Lipinski definition) is 6. The zero-order chi connectivity index (χ0) is 14.7. The molecule has 1 aliphatic carbocycles. The molecule has 1 N–H and O–H groups in total. The monoisotopic (exact) mass is 288 g/mol. The van der Waals surface area contributed by atoms with Gasteiger partial charge in [0.25, 0.3) is 5.69 Å². The molecule has 110 valence electrons. The molecule has 0 bridgehead atoms. The first-order valence-electron chi connectivity index (χ1n) is 7.07. The fourth-order valence-electron chi connectivity index (χ4n) is 2.55. The Morgan fingerprint density at radius 3 is 2.57 bits per heavy atom. The molecule has 0 aliphatic heterocycles. The predicted molar refractivity (Wildman–Crippen MR) is 76.9 cm³/mol. The highest BCUT2D eigenvalue weighted by molar-refractivity contribution is 5.57. The lowest BCUT2D eigenvalue weighted by atomic mass is 9.96. The molecular weight excluding hydrogens is 272 g/mol. The third-order valence-corrected chi connectivity index (χ3v) is 3.70. The van der Waals surface area contributed by atoms with Crippen LogP contribution in [0.1, 0.15) is 32.1 Å². The number of nitro benzene ring substituents is 1. The van der Waals surface area contributed by atoms with Crippen molar-refractivity contribution in [1.82, 2.24) is 10.1 Å². The molecule has 3 rings (SSSR count). The summed E-state index contributed by atoms with van der Waals surface area (Å²) in [5.41, 5.74) is 0.740. The molecule has 1 aliphatic rings. The summed E-state index contributed by atoms with van der Waals surface area (Å²) in [6, 6.07) is 6.90. The Balaban J connectivity index is 1.70. The van der Waals surface area contributed by atoms with Crippen LogP contribution in [0.5, 0.6) is 0 Å². The molecule has 7 nitrogen and oxygen atoms in total. The number of rotatable bonds is 4. The molecule has 0 radical (unpaired) electrons. The lowest BCUT2D eigenvalue weighted by Gasteiger charge is -2.21. The molecule has 1 fully saturated rings. The standard InChI is InChI=1S/C14H16N4O3/c19-18(20)12-8-6-10(7-9-12)13-16-14(21-17-13)15-11-4-2-1-3-5-11/h6-9,11H,1-5H2,(H,15,16,17). The first-order valence-corrected chi connectivity index (χ1v) is 7.07. The van der Waals surface area contributed by atoms with Crippen LogP contribution in [0.2, 0.25) is 0 Å². The van der Waals surface area contributed by atoms with Crippen molar-refractivity contribution in [3.8, 4) is 11.4 Å². The van der Waals surface area contributed by atoms with Crippen LogP contribution in [0.3, 0.4) is 0 Å². The minimum Gasteiger partial charge on any atom is -0.335 e. The average molecular weight is 288 g/mol. The van der Waals surface area contributed by atoms with E-state index in [9.17, 15) is 10.1 Å². The number of benzene rings is 1. The Kier molecular flexibility index (Phi) is 3.81. The van der Waals surface area contributed by atoms with E-state index >= 15 is 0 Å². The molecular formula is C14H16N4O3. The molecule has 0 amide bonds. The summed E-state index contributed by atoms with van der Waals surface area (Å²) in [5, 5.41) is 17.8. The van der Waals surface area contributed by atoms with E-state index in [1.807, 2.05) is 0 Å². The van der Waals surface area contributed by atoms with Gasteiger partial charge in [-0.3, -0.25) is 10.1 Å². The summed E-state index contributed by atoms with van der Waals surface area (Å²) < 4.78 is 5.19. The number of anilines is 1. The van der Waals surface area contributed by atoms with Crippen LogP contribution in [-0.4, -0.2) is 21.1 Å². The van der Waals surface area contributed by atoms with Gasteiger partial charge in [-0.05, 0) is 25.0 Å². The minimum atomic E-state index is -0.434. The third-order valence-electron chi connectivity index (χ3n) is 3.70. The van der Waals surface area contributed by atoms with Crippen molar-refractivity contribution in [3.63, 3.8) is 0 Å². The zero-order valence-corrected chi connectivity index (χ0v) is 11.5. The van der Waals surface area contributed by atoms with Gasteiger partial charge in [0.15, 0.2) is 0 Å². The van der Waals surface area contributed by atoms with Crippen molar-refractivity contribution in [3.05, 3.63) is 34.4 Å². The first kappa shape index (κ1) is 13.5. The zero-order valence-electron chi connectivity index (χ0n) is 11.5. The van der Waals surface area contributed by atoms with Crippen LogP contribution in [0.25, 0.3) is 11.4 Å². The molecule has 1 aromatic heterocycles. The van der Waals surface area contributed by atoms with Crippen LogP contribution in [0.15, 0.2) is 28.8 Å². The van der Waals surface area contributed by atoms with Gasteiger partial charge in [-0.2, -0.15) is 4.98 Å². The average Bonchev–Trinajstić information content (AvgIpc) is 2.97. The van der Waals surface area contributed by atoms with Crippen molar-refractivity contribution >= 4 is 11.7 Å². The number of non-ortho nitro benzene ring substituents is 1. The van der Waals surface area contributed by atoms with Gasteiger partial charge in [-0.25, -0.2) is 0 Å². The molecule has 7 heteroatoms. The second-order valence-corrected chi connectivity index (χ2v) is 5.21. The highest BCUT2D eigenvalue weighted by Gasteiger charge is 2.17. The maximum absolute atomic E-state index is 10.6. The van der Waals surface area contributed by atoms with Crippen LogP contribution < -0.4 is 5.32 Å². The van der Waals surface area contributed by atoms with Gasteiger partial charge >= 0.3 is 6.01 Å². The van der Waals surface area contributed by atoms with Crippen LogP contribution in [0, 0.1) is 10.1 Å². The minimum absolute atomic E-state index is 0.0443. The second kappa shape index (κ2) is 5.90. The summed E-state index contributed by atoms with van der Waals surface area (Å²) in [4.78, 5) is 14.5. The van der Waals surface area contributed by atoms with Gasteiger partial charge in [0, 0.05) is 23.7 Å². The van der Waals surface area contributed by atoms with E-state index in [-0.39, 0.29) is 5.69 Å². The van der Waals surface area contributed by atoms with Crippen LogP contribution in [-0.2, 0) is 0 Å². The SMILES string of the molecule is O=[N+]([O-])c1ccc(-c2noc(NC3CCCCC3)n2)cc1. The fraction of sp³-hybridized carbons (Fsp3) is 0.429. The highest BCUT2D eigenvalue weighted by Crippen LogP contribution is 2.24. The van der Waals surface area contributed by atoms with Crippen molar-refractivity contribution in [2.45, 2.75) is 38.1 Å². The summed E-state index contributed by atoms with van der Waals surface area (Å²) in [6.07, 6.45) is 5.97. The summed E-state index contributed by atoms with van der Waals surface area (Å²) in [6.45, 7) is 0. The number of nitro groups is 1. The molecule has 2 aromatic rings. The van der Waals surface area contributed by atoms with Gasteiger partial charge in [-0.1, -0.05) is 24.4 Å². The van der Waals surface area contributed by atoms with Crippen molar-refractivity contribution < 1.29 is 9.45 Å². The molecule has 21 heavy (non-hydrogen) atoms. The molecule has 0 atom stereocenters. The Labute approximate surface area is 121 Å². The van der Waals surface area contributed by atoms with E-state index in [1.165, 1.54) is 31.4 Å². The molecule has 1 saturated carbocycles. The summed E-state index contributed by atoms with van der Waals surface area (Å²) in [7, 11) is 0. The number of aromatic nitrogens is 2. The fourth-order valence-corrected chi connectivity index (χ4v) is 2.55. The maximum Gasteiger partial charge on any atom is 0.322 e. The normalized spacial score (nSPS) is 15.8. The van der Waals surface area contributed by atoms with E-state index < -0.39 is 4.92 Å². The highest BCUT2D eigenvalue weighted by atomic mass is 16.6. The summed E-state index contributed by atoms with van der Waals surface area (Å²) >= 11 is 0. The van der Waals surface area contributed by atoms with Gasteiger partial charge in [0.1, 0.15) is 0 Å². The van der Waals surface area contributed by atoms with E-state index in [2.05, 4.69) is 15.5 Å². The van der Waals surface area contributed by atoms with E-state index in [4.69, 9.17) is 4.52 Å².